The number of aromatic nitrogens is 3. The first-order chi connectivity index (χ1) is 14.0. The molecule has 2 aromatic carbocycles. The Balaban J connectivity index is 1.68. The van der Waals surface area contributed by atoms with Crippen molar-refractivity contribution >= 4 is 29.3 Å². The summed E-state index contributed by atoms with van der Waals surface area (Å²) in [5, 5.41) is 12.0. The lowest BCUT2D eigenvalue weighted by Gasteiger charge is -2.08. The molecule has 8 heteroatoms. The van der Waals surface area contributed by atoms with E-state index >= 15 is 0 Å². The second-order valence-corrected chi connectivity index (χ2v) is 7.29. The number of allylic oxidation sites excluding steroid dienone is 1. The Morgan fingerprint density at radius 1 is 1.14 bits per heavy atom. The molecule has 0 fully saturated rings. The van der Waals surface area contributed by atoms with Crippen LogP contribution in [0, 0.1) is 6.92 Å². The van der Waals surface area contributed by atoms with Crippen LogP contribution in [0.15, 0.2) is 66.3 Å². The van der Waals surface area contributed by atoms with Gasteiger partial charge < -0.3 is 11.1 Å². The number of carbonyl (C=O) groups excluding carboxylic acids is 2. The van der Waals surface area contributed by atoms with Crippen LogP contribution in [0.5, 0.6) is 0 Å². The summed E-state index contributed by atoms with van der Waals surface area (Å²) < 4.78 is 1.93. The molecule has 7 nitrogen and oxygen atoms in total. The van der Waals surface area contributed by atoms with Crippen LogP contribution in [0.25, 0.3) is 11.4 Å². The van der Waals surface area contributed by atoms with Crippen LogP contribution in [-0.2, 0) is 11.3 Å². The van der Waals surface area contributed by atoms with E-state index in [0.717, 1.165) is 11.4 Å². The lowest BCUT2D eigenvalue weighted by atomic mass is 10.1. The van der Waals surface area contributed by atoms with Gasteiger partial charge in [-0.3, -0.25) is 14.2 Å². The third-order valence-electron chi connectivity index (χ3n) is 4.12. The molecule has 2 amide bonds. The highest BCUT2D eigenvalue weighted by Gasteiger charge is 2.15. The minimum atomic E-state index is -0.510. The summed E-state index contributed by atoms with van der Waals surface area (Å²) in [4.78, 5) is 23.4. The molecule has 3 N–H and O–H groups in total. The van der Waals surface area contributed by atoms with Gasteiger partial charge in [-0.1, -0.05) is 47.7 Å². The summed E-state index contributed by atoms with van der Waals surface area (Å²) in [7, 11) is 0. The number of amides is 2. The SMILES string of the molecule is C=CCn1c(SCC(=O)Nc2ccc(C(N)=O)cc2)nnc1-c1ccc(C)cc1. The zero-order valence-corrected chi connectivity index (χ0v) is 16.8. The molecule has 0 aliphatic heterocycles. The van der Waals surface area contributed by atoms with Crippen molar-refractivity contribution in [3.05, 3.63) is 72.3 Å². The third-order valence-corrected chi connectivity index (χ3v) is 5.09. The maximum absolute atomic E-state index is 12.3. The molecule has 148 valence electrons. The Labute approximate surface area is 173 Å². The van der Waals surface area contributed by atoms with Crippen molar-refractivity contribution in [2.45, 2.75) is 18.6 Å². The van der Waals surface area contributed by atoms with Gasteiger partial charge >= 0.3 is 0 Å². The molecule has 0 atom stereocenters. The van der Waals surface area contributed by atoms with Crippen molar-refractivity contribution in [2.75, 3.05) is 11.1 Å². The molecule has 0 saturated carbocycles. The number of nitrogens with zero attached hydrogens (tertiary/aromatic N) is 3. The molecule has 0 bridgehead atoms. The quantitative estimate of drug-likeness (QED) is 0.441. The summed E-state index contributed by atoms with van der Waals surface area (Å²) in [6.07, 6.45) is 1.77. The number of anilines is 1. The number of aryl methyl sites for hydroxylation is 1. The molecular weight excluding hydrogens is 386 g/mol. The van der Waals surface area contributed by atoms with Gasteiger partial charge in [0.1, 0.15) is 0 Å². The van der Waals surface area contributed by atoms with Gasteiger partial charge in [0, 0.05) is 23.4 Å². The van der Waals surface area contributed by atoms with Gasteiger partial charge in [-0.05, 0) is 31.2 Å². The van der Waals surface area contributed by atoms with Crippen molar-refractivity contribution in [3.63, 3.8) is 0 Å². The van der Waals surface area contributed by atoms with Gasteiger partial charge in [-0.25, -0.2) is 0 Å². The number of benzene rings is 2. The maximum atomic E-state index is 12.3. The fraction of sp³-hybridized carbons (Fsp3) is 0.143. The number of hydrogen-bond acceptors (Lipinski definition) is 5. The van der Waals surface area contributed by atoms with Crippen LogP contribution >= 0.6 is 11.8 Å². The average molecular weight is 407 g/mol. The van der Waals surface area contributed by atoms with Crippen LogP contribution in [0.4, 0.5) is 5.69 Å². The first-order valence-electron chi connectivity index (χ1n) is 8.91. The number of nitrogens with one attached hydrogen (secondary N) is 1. The van der Waals surface area contributed by atoms with Gasteiger partial charge in [0.15, 0.2) is 11.0 Å². The molecule has 0 radical (unpaired) electrons. The Morgan fingerprint density at radius 3 is 2.45 bits per heavy atom. The van der Waals surface area contributed by atoms with Crippen molar-refractivity contribution in [1.82, 2.24) is 14.8 Å². The minimum absolute atomic E-state index is 0.167. The number of primary amides is 1. The van der Waals surface area contributed by atoms with E-state index in [9.17, 15) is 9.59 Å². The molecule has 0 saturated heterocycles. The largest absolute Gasteiger partial charge is 0.366 e. The van der Waals surface area contributed by atoms with E-state index in [1.54, 1.807) is 30.3 Å². The standard InChI is InChI=1S/C21H21N5O2S/c1-3-12-26-20(16-6-4-14(2)5-7-16)24-25-21(26)29-13-18(27)23-17-10-8-15(9-11-17)19(22)28/h3-11H,1,12-13H2,2H3,(H2,22,28)(H,23,27). The zero-order chi connectivity index (χ0) is 20.8. The van der Waals surface area contributed by atoms with Crippen LogP contribution in [0.1, 0.15) is 15.9 Å². The van der Waals surface area contributed by atoms with Crippen molar-refractivity contribution < 1.29 is 9.59 Å². The molecular formula is C21H21N5O2S. The molecule has 3 rings (SSSR count). The van der Waals surface area contributed by atoms with Crippen molar-refractivity contribution in [1.29, 1.82) is 0 Å². The lowest BCUT2D eigenvalue weighted by molar-refractivity contribution is -0.113. The van der Waals surface area contributed by atoms with E-state index in [0.29, 0.717) is 23.0 Å². The van der Waals surface area contributed by atoms with Crippen LogP contribution in [0.2, 0.25) is 0 Å². The first-order valence-corrected chi connectivity index (χ1v) is 9.90. The lowest BCUT2D eigenvalue weighted by Crippen LogP contribution is -2.15. The Morgan fingerprint density at radius 2 is 1.83 bits per heavy atom. The average Bonchev–Trinajstić information content (AvgIpc) is 3.10. The maximum Gasteiger partial charge on any atom is 0.248 e. The molecule has 3 aromatic rings. The third kappa shape index (κ3) is 5.11. The minimum Gasteiger partial charge on any atom is -0.366 e. The first kappa shape index (κ1) is 20.3. The predicted molar refractivity (Wildman–Crippen MR) is 115 cm³/mol. The topological polar surface area (TPSA) is 103 Å². The predicted octanol–water partition coefficient (Wildman–Crippen LogP) is 3.27. The highest BCUT2D eigenvalue weighted by Crippen LogP contribution is 2.24. The summed E-state index contributed by atoms with van der Waals surface area (Å²) in [5.74, 6) is 0.201. The Bertz CT molecular complexity index is 1030. The second kappa shape index (κ2) is 9.20. The Hall–Kier alpha value is -3.39. The van der Waals surface area contributed by atoms with Gasteiger partial charge in [0.05, 0.1) is 5.75 Å². The van der Waals surface area contributed by atoms with E-state index in [1.165, 1.54) is 17.3 Å². The van der Waals surface area contributed by atoms with E-state index in [4.69, 9.17) is 5.73 Å². The summed E-state index contributed by atoms with van der Waals surface area (Å²) in [6, 6.07) is 14.4. The van der Waals surface area contributed by atoms with Crippen molar-refractivity contribution in [3.8, 4) is 11.4 Å². The van der Waals surface area contributed by atoms with Crippen LogP contribution in [-0.4, -0.2) is 32.3 Å². The molecule has 0 aliphatic rings. The molecule has 0 spiro atoms. The van der Waals surface area contributed by atoms with Gasteiger partial charge in [-0.2, -0.15) is 0 Å². The molecule has 1 aromatic heterocycles. The van der Waals surface area contributed by atoms with E-state index in [1.807, 2.05) is 35.8 Å². The normalized spacial score (nSPS) is 10.5. The fourth-order valence-corrected chi connectivity index (χ4v) is 3.40. The van der Waals surface area contributed by atoms with Crippen LogP contribution in [0.3, 0.4) is 0 Å². The number of nitrogens with two attached hydrogens (primary N) is 1. The zero-order valence-electron chi connectivity index (χ0n) is 16.0. The van der Waals surface area contributed by atoms with Gasteiger partial charge in [-0.15, -0.1) is 16.8 Å². The van der Waals surface area contributed by atoms with E-state index < -0.39 is 5.91 Å². The number of rotatable bonds is 8. The highest BCUT2D eigenvalue weighted by molar-refractivity contribution is 7.99. The fourth-order valence-electron chi connectivity index (χ4n) is 2.65. The molecule has 0 aliphatic carbocycles. The molecule has 1 heterocycles. The second-order valence-electron chi connectivity index (χ2n) is 6.35. The van der Waals surface area contributed by atoms with Crippen molar-refractivity contribution in [2.24, 2.45) is 5.73 Å². The van der Waals surface area contributed by atoms with E-state index in [2.05, 4.69) is 22.1 Å². The van der Waals surface area contributed by atoms with Crippen LogP contribution < -0.4 is 11.1 Å². The number of thioether (sulfide) groups is 1. The summed E-state index contributed by atoms with van der Waals surface area (Å²) >= 11 is 1.30. The summed E-state index contributed by atoms with van der Waals surface area (Å²) in [5.41, 5.74) is 8.31. The number of hydrogen-bond donors (Lipinski definition) is 2. The molecule has 0 unspecified atom stereocenters. The highest BCUT2D eigenvalue weighted by atomic mass is 32.2. The van der Waals surface area contributed by atoms with Gasteiger partial charge in [0.25, 0.3) is 0 Å². The smallest absolute Gasteiger partial charge is 0.248 e. The molecule has 29 heavy (non-hydrogen) atoms. The van der Waals surface area contributed by atoms with E-state index in [-0.39, 0.29) is 11.7 Å². The van der Waals surface area contributed by atoms with Gasteiger partial charge in [0.2, 0.25) is 11.8 Å². The number of carbonyl (C=O) groups is 2. The summed E-state index contributed by atoms with van der Waals surface area (Å²) in [6.45, 7) is 6.36. The Kier molecular flexibility index (Phi) is 6.46. The monoisotopic (exact) mass is 407 g/mol.